The molecule has 8 nitrogen and oxygen atoms in total. The van der Waals surface area contributed by atoms with Crippen molar-refractivity contribution in [2.75, 3.05) is 0 Å². The van der Waals surface area contributed by atoms with Crippen molar-refractivity contribution in [2.45, 2.75) is 37.5 Å². The average molecular weight is 903 g/mol. The van der Waals surface area contributed by atoms with Crippen LogP contribution < -0.4 is 0 Å². The molecule has 70 heavy (non-hydrogen) atoms. The molecule has 0 saturated heterocycles. The van der Waals surface area contributed by atoms with E-state index in [-0.39, 0.29) is 5.41 Å². The minimum absolute atomic E-state index is 0.0377. The summed E-state index contributed by atoms with van der Waals surface area (Å²) in [5.41, 5.74) is 15.4. The molecule has 15 rings (SSSR count). The van der Waals surface area contributed by atoms with Crippen molar-refractivity contribution in [3.8, 4) is 102 Å². The highest BCUT2D eigenvalue weighted by Gasteiger charge is 2.61. The van der Waals surface area contributed by atoms with Crippen LogP contribution in [0.3, 0.4) is 0 Å². The molecule has 0 amide bonds. The Bertz CT molecular complexity index is 3440. The van der Waals surface area contributed by atoms with E-state index < -0.39 is 0 Å². The first kappa shape index (κ1) is 40.7. The van der Waals surface area contributed by atoms with E-state index in [1.165, 1.54) is 65.5 Å². The summed E-state index contributed by atoms with van der Waals surface area (Å²) >= 11 is 0. The minimum Gasteiger partial charge on any atom is -0.252 e. The fourth-order valence-electron chi connectivity index (χ4n) is 12.9. The lowest BCUT2D eigenvalue weighted by Crippen LogP contribution is -2.55. The van der Waals surface area contributed by atoms with Crippen molar-refractivity contribution < 1.29 is 0 Å². The van der Waals surface area contributed by atoms with Crippen LogP contribution in [0.1, 0.15) is 43.2 Å². The number of hydrogen-bond donors (Lipinski definition) is 0. The maximum atomic E-state index is 5.10. The minimum atomic E-state index is -0.0377. The highest BCUT2D eigenvalue weighted by atomic mass is 15.1. The molecular weight excluding hydrogens is 857 g/mol. The maximum absolute atomic E-state index is 5.10. The summed E-state index contributed by atoms with van der Waals surface area (Å²) in [7, 11) is 0. The Morgan fingerprint density at radius 3 is 1.19 bits per heavy atom. The zero-order valence-corrected chi connectivity index (χ0v) is 38.4. The molecule has 5 aliphatic rings. The van der Waals surface area contributed by atoms with E-state index in [0.29, 0.717) is 58.2 Å². The summed E-state index contributed by atoms with van der Waals surface area (Å²) in [6.45, 7) is 0. The van der Waals surface area contributed by atoms with Crippen LogP contribution in [0.5, 0.6) is 0 Å². The Kier molecular flexibility index (Phi) is 9.54. The zero-order valence-electron chi connectivity index (χ0n) is 38.4. The van der Waals surface area contributed by atoms with Crippen molar-refractivity contribution in [1.29, 1.82) is 0 Å². The van der Waals surface area contributed by atoms with E-state index in [0.717, 1.165) is 45.2 Å². The van der Waals surface area contributed by atoms with Gasteiger partial charge in [-0.15, -0.1) is 0 Å². The molecule has 0 radical (unpaired) electrons. The van der Waals surface area contributed by atoms with Crippen molar-refractivity contribution in [3.05, 3.63) is 206 Å². The fraction of sp³-hybridized carbons (Fsp3) is 0.161. The van der Waals surface area contributed by atoms with Crippen LogP contribution in [0.4, 0.5) is 0 Å². The Balaban J connectivity index is 0.851. The molecular formula is C62H46N8. The van der Waals surface area contributed by atoms with Gasteiger partial charge in [-0.3, -0.25) is 9.97 Å². The summed E-state index contributed by atoms with van der Waals surface area (Å²) < 4.78 is 0. The van der Waals surface area contributed by atoms with E-state index in [2.05, 4.69) is 60.7 Å². The number of rotatable bonds is 8. The Hall–Kier alpha value is -8.36. The number of fused-ring (bicyclic) bond motifs is 3. The summed E-state index contributed by atoms with van der Waals surface area (Å²) in [6, 6.07) is 63.1. The third kappa shape index (κ3) is 6.72. The summed E-state index contributed by atoms with van der Waals surface area (Å²) in [4.78, 5) is 39.8. The van der Waals surface area contributed by atoms with Gasteiger partial charge in [-0.25, -0.2) is 29.9 Å². The summed E-state index contributed by atoms with van der Waals surface area (Å²) in [5, 5.41) is 0. The molecule has 4 bridgehead atoms. The maximum Gasteiger partial charge on any atom is 0.182 e. The molecule has 4 aromatic heterocycles. The van der Waals surface area contributed by atoms with Gasteiger partial charge in [0.05, 0.1) is 0 Å². The van der Waals surface area contributed by atoms with Gasteiger partial charge < -0.3 is 0 Å². The van der Waals surface area contributed by atoms with Gasteiger partial charge in [0.1, 0.15) is 11.4 Å². The molecule has 4 heterocycles. The van der Waals surface area contributed by atoms with Crippen LogP contribution >= 0.6 is 0 Å². The standard InChI is InChI=1S/C62H46N8/c1-5-14-40(15-6-1)56-65-57(41-16-7-2-8-17-41)68-60(67-56)53-28-25-45(36-63-53)44-24-27-50-52(35-44)62(47-31-38-30-39(33-47)34-48(62)32-38)51-23-13-22-49(55(50)51)46-26-29-54(64-37-46)61-69-58(42-18-9-3-10-19-42)66-59(70-61)43-20-11-4-12-21-43/h1-29,35-39,47-48H,30-34H2. The van der Waals surface area contributed by atoms with Crippen LogP contribution in [0.2, 0.25) is 0 Å². The van der Waals surface area contributed by atoms with Crippen LogP contribution in [0.25, 0.3) is 102 Å². The van der Waals surface area contributed by atoms with Gasteiger partial charge in [-0.05, 0) is 107 Å². The smallest absolute Gasteiger partial charge is 0.182 e. The lowest BCUT2D eigenvalue weighted by atomic mass is 9.43. The first-order valence-corrected chi connectivity index (χ1v) is 24.6. The van der Waals surface area contributed by atoms with Gasteiger partial charge in [-0.1, -0.05) is 164 Å². The van der Waals surface area contributed by atoms with Gasteiger partial charge in [0.15, 0.2) is 34.9 Å². The van der Waals surface area contributed by atoms with Crippen LogP contribution in [-0.4, -0.2) is 39.9 Å². The zero-order chi connectivity index (χ0) is 46.2. The van der Waals surface area contributed by atoms with Gasteiger partial charge in [0.25, 0.3) is 0 Å². The largest absolute Gasteiger partial charge is 0.252 e. The molecule has 8 heteroatoms. The second kappa shape index (κ2) is 16.4. The molecule has 334 valence electrons. The molecule has 5 aliphatic carbocycles. The SMILES string of the molecule is c1ccc(-c2nc(-c3ccccc3)nc(-c3ccc(-c4ccc5c(c4)C4(c6cccc(-c7ccc(-c8nc(-c9ccccc9)nc(-c9ccccc9)n8)nc7)c6-5)C5CC6CC(C5)CC4C6)cn3)n2)cc1. The number of aromatic nitrogens is 8. The van der Waals surface area contributed by atoms with Gasteiger partial charge in [0, 0.05) is 51.2 Å². The van der Waals surface area contributed by atoms with Crippen molar-refractivity contribution in [2.24, 2.45) is 23.7 Å². The molecule has 1 spiro atoms. The highest BCUT2D eigenvalue weighted by Crippen LogP contribution is 2.70. The van der Waals surface area contributed by atoms with Crippen molar-refractivity contribution in [3.63, 3.8) is 0 Å². The fourth-order valence-corrected chi connectivity index (χ4v) is 12.9. The first-order chi connectivity index (χ1) is 34.6. The molecule has 0 unspecified atom stereocenters. The third-order valence-electron chi connectivity index (χ3n) is 15.7. The van der Waals surface area contributed by atoms with E-state index in [1.807, 2.05) is 134 Å². The quantitative estimate of drug-likeness (QED) is 0.149. The number of hydrogen-bond acceptors (Lipinski definition) is 8. The normalized spacial score (nSPS) is 20.3. The number of pyridine rings is 2. The van der Waals surface area contributed by atoms with Gasteiger partial charge >= 0.3 is 0 Å². The predicted octanol–water partition coefficient (Wildman–Crippen LogP) is 13.9. The number of benzene rings is 6. The van der Waals surface area contributed by atoms with E-state index in [1.54, 1.807) is 0 Å². The van der Waals surface area contributed by atoms with Crippen LogP contribution in [0, 0.1) is 23.7 Å². The highest BCUT2D eigenvalue weighted by molar-refractivity contribution is 5.94. The second-order valence-electron chi connectivity index (χ2n) is 19.6. The third-order valence-corrected chi connectivity index (χ3v) is 15.7. The molecule has 0 atom stereocenters. The molecule has 4 saturated carbocycles. The topological polar surface area (TPSA) is 103 Å². The van der Waals surface area contributed by atoms with E-state index in [9.17, 15) is 0 Å². The Morgan fingerprint density at radius 2 is 0.743 bits per heavy atom. The lowest BCUT2D eigenvalue weighted by Gasteiger charge is -2.61. The first-order valence-electron chi connectivity index (χ1n) is 24.6. The van der Waals surface area contributed by atoms with Crippen LogP contribution in [0.15, 0.2) is 194 Å². The average Bonchev–Trinajstić information content (AvgIpc) is 3.73. The van der Waals surface area contributed by atoms with Crippen molar-refractivity contribution >= 4 is 0 Å². The predicted molar refractivity (Wildman–Crippen MR) is 276 cm³/mol. The van der Waals surface area contributed by atoms with Gasteiger partial charge in [-0.2, -0.15) is 0 Å². The van der Waals surface area contributed by atoms with Crippen LogP contribution in [-0.2, 0) is 5.41 Å². The Morgan fingerprint density at radius 1 is 0.314 bits per heavy atom. The lowest BCUT2D eigenvalue weighted by molar-refractivity contribution is -0.0399. The molecule has 0 N–H and O–H groups in total. The number of nitrogens with zero attached hydrogens (tertiary/aromatic N) is 8. The molecule has 0 aliphatic heterocycles. The monoisotopic (exact) mass is 902 g/mol. The van der Waals surface area contributed by atoms with E-state index >= 15 is 0 Å². The second-order valence-corrected chi connectivity index (χ2v) is 19.6. The van der Waals surface area contributed by atoms with Gasteiger partial charge in [0.2, 0.25) is 0 Å². The molecule has 10 aromatic rings. The Labute approximate surface area is 406 Å². The molecule has 4 fully saturated rings. The molecule has 6 aromatic carbocycles. The van der Waals surface area contributed by atoms with Crippen molar-refractivity contribution in [1.82, 2.24) is 39.9 Å². The summed E-state index contributed by atoms with van der Waals surface area (Å²) in [6.07, 6.45) is 10.6. The summed E-state index contributed by atoms with van der Waals surface area (Å²) in [5.74, 6) is 6.48. The van der Waals surface area contributed by atoms with E-state index in [4.69, 9.17) is 39.9 Å².